The van der Waals surface area contributed by atoms with Gasteiger partial charge in [0.05, 0.1) is 10.7 Å². The second-order valence-corrected chi connectivity index (χ2v) is 6.33. The Morgan fingerprint density at radius 2 is 2.28 bits per heavy atom. The van der Waals surface area contributed by atoms with Crippen LogP contribution in [0.4, 0.5) is 0 Å². The second-order valence-electron chi connectivity index (χ2n) is 4.44. The molecule has 2 heterocycles. The number of rotatable bonds is 6. The fraction of sp³-hybridized carbons (Fsp3) is 0.462. The molecule has 0 aliphatic rings. The highest BCUT2D eigenvalue weighted by molar-refractivity contribution is 7.10. The lowest BCUT2D eigenvalue weighted by molar-refractivity contribution is 0.0604. The van der Waals surface area contributed by atoms with Gasteiger partial charge in [0.15, 0.2) is 0 Å². The van der Waals surface area contributed by atoms with E-state index >= 15 is 0 Å². The average molecular weight is 282 g/mol. The fourth-order valence-electron chi connectivity index (χ4n) is 1.70. The van der Waals surface area contributed by atoms with E-state index < -0.39 is 5.60 Å². The number of hydrogen-bond donors (Lipinski definition) is 2. The summed E-state index contributed by atoms with van der Waals surface area (Å²) >= 11 is 3.27. The van der Waals surface area contributed by atoms with Gasteiger partial charge in [-0.25, -0.2) is 4.98 Å². The summed E-state index contributed by atoms with van der Waals surface area (Å²) in [5, 5.41) is 18.8. The maximum Gasteiger partial charge on any atom is 0.108 e. The Balaban J connectivity index is 1.85. The minimum atomic E-state index is -0.808. The number of aliphatic hydroxyl groups is 1. The van der Waals surface area contributed by atoms with Gasteiger partial charge in [0.2, 0.25) is 0 Å². The third-order valence-electron chi connectivity index (χ3n) is 2.73. The molecule has 3 nitrogen and oxygen atoms in total. The number of hydrogen-bond acceptors (Lipinski definition) is 5. The summed E-state index contributed by atoms with van der Waals surface area (Å²) in [5.41, 5.74) is 0.247. The first-order valence-electron chi connectivity index (χ1n) is 6.02. The van der Waals surface area contributed by atoms with Crippen LogP contribution in [-0.4, -0.2) is 16.6 Å². The molecule has 98 valence electrons. The van der Waals surface area contributed by atoms with Crippen molar-refractivity contribution in [1.82, 2.24) is 10.3 Å². The van der Waals surface area contributed by atoms with E-state index in [2.05, 4.69) is 22.6 Å². The molecule has 0 amide bonds. The Hall–Kier alpha value is -0.750. The molecule has 0 saturated heterocycles. The zero-order valence-corrected chi connectivity index (χ0v) is 12.3. The maximum absolute atomic E-state index is 10.3. The normalized spacial score (nSPS) is 14.6. The molecule has 1 atom stereocenters. The van der Waals surface area contributed by atoms with Crippen LogP contribution in [0.15, 0.2) is 22.9 Å². The van der Waals surface area contributed by atoms with Gasteiger partial charge in [0, 0.05) is 23.3 Å². The minimum Gasteiger partial charge on any atom is -0.383 e. The third kappa shape index (κ3) is 3.38. The molecule has 0 bridgehead atoms. The van der Waals surface area contributed by atoms with Gasteiger partial charge in [-0.15, -0.1) is 22.7 Å². The third-order valence-corrected chi connectivity index (χ3v) is 4.89. The first-order chi connectivity index (χ1) is 8.62. The van der Waals surface area contributed by atoms with E-state index in [9.17, 15) is 5.11 Å². The van der Waals surface area contributed by atoms with Crippen LogP contribution in [0.1, 0.15) is 29.4 Å². The van der Waals surface area contributed by atoms with Crippen LogP contribution in [0.5, 0.6) is 0 Å². The molecule has 1 unspecified atom stereocenters. The number of thiophene rings is 1. The van der Waals surface area contributed by atoms with E-state index in [-0.39, 0.29) is 0 Å². The van der Waals surface area contributed by atoms with Crippen molar-refractivity contribution in [3.05, 3.63) is 38.5 Å². The van der Waals surface area contributed by atoms with Crippen molar-refractivity contribution in [2.75, 3.05) is 6.54 Å². The molecular formula is C13H18N2OS2. The average Bonchev–Trinajstić information content (AvgIpc) is 3.00. The van der Waals surface area contributed by atoms with E-state index in [0.717, 1.165) is 22.0 Å². The Kier molecular flexibility index (Phi) is 4.50. The minimum absolute atomic E-state index is 0.534. The Morgan fingerprint density at radius 1 is 1.44 bits per heavy atom. The van der Waals surface area contributed by atoms with Crippen LogP contribution in [0.2, 0.25) is 0 Å². The predicted octanol–water partition coefficient (Wildman–Crippen LogP) is 2.76. The van der Waals surface area contributed by atoms with Gasteiger partial charge in [0.1, 0.15) is 5.60 Å². The molecule has 0 spiro atoms. The van der Waals surface area contributed by atoms with Gasteiger partial charge in [-0.3, -0.25) is 0 Å². The van der Waals surface area contributed by atoms with Gasteiger partial charge in [-0.2, -0.15) is 0 Å². The summed E-state index contributed by atoms with van der Waals surface area (Å²) < 4.78 is 0. The number of nitrogens with one attached hydrogen (secondary N) is 1. The van der Waals surface area contributed by atoms with E-state index in [1.807, 2.05) is 24.4 Å². The van der Waals surface area contributed by atoms with Gasteiger partial charge in [-0.1, -0.05) is 13.0 Å². The number of nitrogens with zero attached hydrogens (tertiary/aromatic N) is 1. The lowest BCUT2D eigenvalue weighted by Gasteiger charge is -2.22. The summed E-state index contributed by atoms with van der Waals surface area (Å²) in [5.74, 6) is 0. The zero-order valence-electron chi connectivity index (χ0n) is 10.6. The first kappa shape index (κ1) is 13.7. The Morgan fingerprint density at radius 3 is 2.89 bits per heavy atom. The maximum atomic E-state index is 10.3. The monoisotopic (exact) mass is 282 g/mol. The van der Waals surface area contributed by atoms with E-state index in [1.165, 1.54) is 0 Å². The molecule has 0 fully saturated rings. The van der Waals surface area contributed by atoms with Gasteiger partial charge in [0.25, 0.3) is 0 Å². The lowest BCUT2D eigenvalue weighted by Crippen LogP contribution is -2.34. The first-order valence-corrected chi connectivity index (χ1v) is 7.78. The topological polar surface area (TPSA) is 45.2 Å². The molecule has 0 aliphatic carbocycles. The quantitative estimate of drug-likeness (QED) is 0.856. The molecule has 0 aliphatic heterocycles. The van der Waals surface area contributed by atoms with Crippen molar-refractivity contribution in [3.8, 4) is 0 Å². The van der Waals surface area contributed by atoms with Crippen molar-refractivity contribution in [3.63, 3.8) is 0 Å². The predicted molar refractivity (Wildman–Crippen MR) is 77.1 cm³/mol. The highest BCUT2D eigenvalue weighted by Crippen LogP contribution is 2.24. The molecular weight excluding hydrogens is 264 g/mol. The van der Waals surface area contributed by atoms with Gasteiger partial charge >= 0.3 is 0 Å². The molecule has 0 aromatic carbocycles. The van der Waals surface area contributed by atoms with Crippen LogP contribution in [0.25, 0.3) is 0 Å². The van der Waals surface area contributed by atoms with Crippen molar-refractivity contribution < 1.29 is 5.11 Å². The molecule has 2 aromatic rings. The van der Waals surface area contributed by atoms with E-state index in [4.69, 9.17) is 0 Å². The summed E-state index contributed by atoms with van der Waals surface area (Å²) in [6, 6.07) is 3.92. The SMILES string of the molecule is CCc1nc(CNCC(C)(O)c2cccs2)cs1. The van der Waals surface area contributed by atoms with Crippen LogP contribution in [0.3, 0.4) is 0 Å². The molecule has 0 saturated carbocycles. The summed E-state index contributed by atoms with van der Waals surface area (Å²) in [4.78, 5) is 5.48. The van der Waals surface area contributed by atoms with Crippen LogP contribution in [0, 0.1) is 0 Å². The number of aryl methyl sites for hydroxylation is 1. The van der Waals surface area contributed by atoms with Crippen molar-refractivity contribution in [2.45, 2.75) is 32.4 Å². The Labute approximate surface area is 116 Å². The highest BCUT2D eigenvalue weighted by Gasteiger charge is 2.23. The van der Waals surface area contributed by atoms with E-state index in [0.29, 0.717) is 13.1 Å². The van der Waals surface area contributed by atoms with Gasteiger partial charge in [-0.05, 0) is 24.8 Å². The zero-order chi connectivity index (χ0) is 13.0. The largest absolute Gasteiger partial charge is 0.383 e. The smallest absolute Gasteiger partial charge is 0.108 e. The van der Waals surface area contributed by atoms with Crippen molar-refractivity contribution in [1.29, 1.82) is 0 Å². The summed E-state index contributed by atoms with van der Waals surface area (Å²) in [7, 11) is 0. The number of aromatic nitrogens is 1. The molecule has 2 N–H and O–H groups in total. The van der Waals surface area contributed by atoms with Crippen molar-refractivity contribution in [2.24, 2.45) is 0 Å². The van der Waals surface area contributed by atoms with Gasteiger partial charge < -0.3 is 10.4 Å². The molecule has 2 aromatic heterocycles. The van der Waals surface area contributed by atoms with Crippen molar-refractivity contribution >= 4 is 22.7 Å². The molecule has 0 radical (unpaired) electrons. The molecule has 2 rings (SSSR count). The van der Waals surface area contributed by atoms with E-state index in [1.54, 1.807) is 22.7 Å². The van der Waals surface area contributed by atoms with Crippen LogP contribution < -0.4 is 5.32 Å². The highest BCUT2D eigenvalue weighted by atomic mass is 32.1. The molecule has 18 heavy (non-hydrogen) atoms. The standard InChI is InChI=1S/C13H18N2OS2/c1-3-12-15-10(8-18-12)7-14-9-13(2,16)11-5-4-6-17-11/h4-6,8,14,16H,3,7,9H2,1-2H3. The summed E-state index contributed by atoms with van der Waals surface area (Å²) in [6.07, 6.45) is 0.984. The fourth-order valence-corrected chi connectivity index (χ4v) is 3.23. The number of thiazole rings is 1. The lowest BCUT2D eigenvalue weighted by atomic mass is 10.1. The molecule has 5 heteroatoms. The van der Waals surface area contributed by atoms with Crippen LogP contribution >= 0.6 is 22.7 Å². The second kappa shape index (κ2) is 5.93. The van der Waals surface area contributed by atoms with Crippen LogP contribution in [-0.2, 0) is 18.6 Å². The Bertz CT molecular complexity index is 477. The summed E-state index contributed by atoms with van der Waals surface area (Å²) in [6.45, 7) is 5.19.